The van der Waals surface area contributed by atoms with Crippen LogP contribution in [0.25, 0.3) is 0 Å². The number of carbonyl (C=O) groups excluding carboxylic acids is 1. The lowest BCUT2D eigenvalue weighted by Gasteiger charge is -2.13. The summed E-state index contributed by atoms with van der Waals surface area (Å²) in [4.78, 5) is 10.1. The molecule has 0 bridgehead atoms. The Morgan fingerprint density at radius 1 is 0.733 bits per heavy atom. The minimum atomic E-state index is -4.50. The van der Waals surface area contributed by atoms with E-state index in [0.717, 1.165) is 48.5 Å². The molecule has 2 aromatic carbocycles. The maximum Gasteiger partial charge on any atom is 0.416 e. The number of halogens is 9. The molecule has 0 heterocycles. The quantitative estimate of drug-likeness (QED) is 0.425. The fraction of sp³-hybridized carbons (Fsp3) is 0.316. The van der Waals surface area contributed by atoms with Gasteiger partial charge in [0, 0.05) is 12.0 Å². The molecular weight excluding hydrogens is 431 g/mol. The molecule has 0 saturated carbocycles. The summed E-state index contributed by atoms with van der Waals surface area (Å²) in [5, 5.41) is 9.40. The van der Waals surface area contributed by atoms with E-state index in [1.54, 1.807) is 0 Å². The van der Waals surface area contributed by atoms with E-state index in [-0.39, 0.29) is 11.1 Å². The zero-order valence-electron chi connectivity index (χ0n) is 14.9. The molecule has 0 amide bonds. The normalized spacial score (nSPS) is 13.3. The lowest BCUT2D eigenvalue weighted by atomic mass is 10.0. The minimum Gasteiger partial charge on any atom is -0.388 e. The highest BCUT2D eigenvalue weighted by atomic mass is 19.4. The topological polar surface area (TPSA) is 37.3 Å². The second-order valence-corrected chi connectivity index (χ2v) is 6.03. The number of hydrogen-bond acceptors (Lipinski definition) is 2. The van der Waals surface area contributed by atoms with Gasteiger partial charge >= 0.3 is 18.5 Å². The van der Waals surface area contributed by atoms with Gasteiger partial charge in [0.05, 0.1) is 17.2 Å². The minimum absolute atomic E-state index is 0.0345. The van der Waals surface area contributed by atoms with Crippen molar-refractivity contribution in [1.82, 2.24) is 0 Å². The first kappa shape index (κ1) is 25.5. The SMILES string of the molecule is O=Cc1ccc(C(F)(F)F)cc1.OC(CCC(F)(F)F)c1ccc(C(F)(F)F)cc1. The van der Waals surface area contributed by atoms with Crippen molar-refractivity contribution in [2.45, 2.75) is 37.5 Å². The number of rotatable bonds is 4. The van der Waals surface area contributed by atoms with E-state index in [9.17, 15) is 49.4 Å². The van der Waals surface area contributed by atoms with E-state index >= 15 is 0 Å². The first-order valence-corrected chi connectivity index (χ1v) is 8.18. The van der Waals surface area contributed by atoms with Crippen molar-refractivity contribution in [2.75, 3.05) is 0 Å². The van der Waals surface area contributed by atoms with Crippen LogP contribution in [0.3, 0.4) is 0 Å². The zero-order chi connectivity index (χ0) is 23.2. The molecule has 2 rings (SSSR count). The lowest BCUT2D eigenvalue weighted by Crippen LogP contribution is -2.10. The Kier molecular flexibility index (Phi) is 8.46. The Bertz CT molecular complexity index is 789. The van der Waals surface area contributed by atoms with Crippen LogP contribution in [0.5, 0.6) is 0 Å². The lowest BCUT2D eigenvalue weighted by molar-refractivity contribution is -0.140. The van der Waals surface area contributed by atoms with Gasteiger partial charge in [0.25, 0.3) is 0 Å². The van der Waals surface area contributed by atoms with Gasteiger partial charge in [-0.15, -0.1) is 0 Å². The molecule has 0 saturated heterocycles. The van der Waals surface area contributed by atoms with Gasteiger partial charge < -0.3 is 5.11 Å². The molecule has 1 N–H and O–H groups in total. The molecule has 0 aliphatic carbocycles. The summed E-state index contributed by atoms with van der Waals surface area (Å²) >= 11 is 0. The van der Waals surface area contributed by atoms with Crippen LogP contribution in [-0.4, -0.2) is 17.6 Å². The van der Waals surface area contributed by atoms with Crippen LogP contribution in [0.15, 0.2) is 48.5 Å². The molecule has 0 aliphatic heterocycles. The van der Waals surface area contributed by atoms with Crippen LogP contribution in [-0.2, 0) is 12.4 Å². The summed E-state index contributed by atoms with van der Waals surface area (Å²) in [6.45, 7) is 0. The van der Waals surface area contributed by atoms with Crippen molar-refractivity contribution < 1.29 is 49.4 Å². The van der Waals surface area contributed by atoms with E-state index in [4.69, 9.17) is 0 Å². The van der Waals surface area contributed by atoms with Gasteiger partial charge in [-0.05, 0) is 36.2 Å². The van der Waals surface area contributed by atoms with Crippen LogP contribution in [0.4, 0.5) is 39.5 Å². The maximum absolute atomic E-state index is 12.2. The third-order valence-electron chi connectivity index (χ3n) is 3.70. The first-order chi connectivity index (χ1) is 13.6. The third kappa shape index (κ3) is 8.85. The van der Waals surface area contributed by atoms with Gasteiger partial charge in [-0.1, -0.05) is 24.3 Å². The third-order valence-corrected chi connectivity index (χ3v) is 3.70. The highest BCUT2D eigenvalue weighted by Gasteiger charge is 2.31. The van der Waals surface area contributed by atoms with Gasteiger partial charge in [-0.25, -0.2) is 0 Å². The maximum atomic E-state index is 12.2. The highest BCUT2D eigenvalue weighted by Crippen LogP contribution is 2.32. The highest BCUT2D eigenvalue weighted by molar-refractivity contribution is 5.74. The average molecular weight is 446 g/mol. The van der Waals surface area contributed by atoms with Crippen molar-refractivity contribution in [3.05, 3.63) is 70.8 Å². The second kappa shape index (κ2) is 9.96. The number of benzene rings is 2. The van der Waals surface area contributed by atoms with E-state index in [2.05, 4.69) is 0 Å². The molecule has 1 unspecified atom stereocenters. The van der Waals surface area contributed by atoms with Crippen molar-refractivity contribution in [1.29, 1.82) is 0 Å². The van der Waals surface area contributed by atoms with Crippen molar-refractivity contribution in [2.24, 2.45) is 0 Å². The predicted molar refractivity (Wildman–Crippen MR) is 88.5 cm³/mol. The fourth-order valence-corrected chi connectivity index (χ4v) is 2.11. The van der Waals surface area contributed by atoms with Crippen molar-refractivity contribution >= 4 is 6.29 Å². The molecular formula is C19H15F9O2. The predicted octanol–water partition coefficient (Wildman–Crippen LogP) is 6.60. The monoisotopic (exact) mass is 446 g/mol. The molecule has 11 heteroatoms. The zero-order valence-corrected chi connectivity index (χ0v) is 14.9. The summed E-state index contributed by atoms with van der Waals surface area (Å²) in [7, 11) is 0. The Balaban J connectivity index is 0.000000325. The van der Waals surface area contributed by atoms with Crippen molar-refractivity contribution in [3.8, 4) is 0 Å². The molecule has 0 aromatic heterocycles. The number of aldehydes is 1. The van der Waals surface area contributed by atoms with Crippen LogP contribution in [0.2, 0.25) is 0 Å². The summed E-state index contributed by atoms with van der Waals surface area (Å²) in [5.41, 5.74) is -1.38. The summed E-state index contributed by atoms with van der Waals surface area (Å²) in [6.07, 6.45) is -15.9. The fourth-order valence-electron chi connectivity index (χ4n) is 2.11. The summed E-state index contributed by atoms with van der Waals surface area (Å²) in [6, 6.07) is 7.44. The van der Waals surface area contributed by atoms with Gasteiger partial charge in [0.15, 0.2) is 0 Å². The molecule has 166 valence electrons. The van der Waals surface area contributed by atoms with Crippen molar-refractivity contribution in [3.63, 3.8) is 0 Å². The van der Waals surface area contributed by atoms with Crippen LogP contribution in [0.1, 0.15) is 46.0 Å². The van der Waals surface area contributed by atoms with Crippen LogP contribution >= 0.6 is 0 Å². The first-order valence-electron chi connectivity index (χ1n) is 8.18. The summed E-state index contributed by atoms with van der Waals surface area (Å²) in [5.74, 6) is 0. The Morgan fingerprint density at radius 3 is 1.47 bits per heavy atom. The second-order valence-electron chi connectivity index (χ2n) is 6.03. The molecule has 1 atom stereocenters. The molecule has 0 fully saturated rings. The van der Waals surface area contributed by atoms with Gasteiger partial charge in [0.2, 0.25) is 0 Å². The number of aliphatic hydroxyl groups excluding tert-OH is 1. The Hall–Kier alpha value is -2.56. The number of alkyl halides is 9. The molecule has 2 nitrogen and oxygen atoms in total. The molecule has 0 radical (unpaired) electrons. The number of hydrogen-bond donors (Lipinski definition) is 1. The average Bonchev–Trinajstić information content (AvgIpc) is 2.65. The van der Waals surface area contributed by atoms with Crippen LogP contribution < -0.4 is 0 Å². The van der Waals surface area contributed by atoms with E-state index in [1.165, 1.54) is 0 Å². The smallest absolute Gasteiger partial charge is 0.388 e. The van der Waals surface area contributed by atoms with Gasteiger partial charge in [0.1, 0.15) is 6.29 Å². The molecule has 30 heavy (non-hydrogen) atoms. The largest absolute Gasteiger partial charge is 0.416 e. The molecule has 2 aromatic rings. The molecule has 0 aliphatic rings. The van der Waals surface area contributed by atoms with Crippen LogP contribution in [0, 0.1) is 0 Å². The Labute approximate surface area is 164 Å². The van der Waals surface area contributed by atoms with Gasteiger partial charge in [-0.2, -0.15) is 39.5 Å². The Morgan fingerprint density at radius 2 is 1.13 bits per heavy atom. The van der Waals surface area contributed by atoms with Gasteiger partial charge in [-0.3, -0.25) is 4.79 Å². The number of carbonyl (C=O) groups is 1. The standard InChI is InChI=1S/C11H10F6O.C8H5F3O/c12-10(13,14)6-5-9(18)7-1-3-8(4-2-7)11(15,16)17;9-8(10,11)7-3-1-6(5-12)2-4-7/h1-4,9,18H,5-6H2;1-5H. The van der Waals surface area contributed by atoms with E-state index < -0.39 is 48.6 Å². The van der Waals surface area contributed by atoms with E-state index in [0.29, 0.717) is 6.29 Å². The summed E-state index contributed by atoms with van der Waals surface area (Å²) < 4.78 is 108. The van der Waals surface area contributed by atoms with E-state index in [1.807, 2.05) is 0 Å². The molecule has 0 spiro atoms. The number of aliphatic hydroxyl groups is 1.